The van der Waals surface area contributed by atoms with Crippen LogP contribution < -0.4 is 11.1 Å². The molecular weight excluding hydrogens is 202 g/mol. The number of nitrogens with zero attached hydrogens (tertiary/aromatic N) is 1. The number of nitrogens with one attached hydrogen (secondary N) is 1. The minimum atomic E-state index is 0.573. The molecule has 0 radical (unpaired) electrons. The maximum absolute atomic E-state index is 5.67. The Kier molecular flexibility index (Phi) is 3.10. The number of anilines is 2. The Morgan fingerprint density at radius 1 is 1.44 bits per heavy atom. The highest BCUT2D eigenvalue weighted by Gasteiger charge is 2.01. The zero-order valence-electron chi connectivity index (χ0n) is 9.23. The fraction of sp³-hybridized carbons (Fsp3) is 0.250. The van der Waals surface area contributed by atoms with Gasteiger partial charge in [0.2, 0.25) is 5.89 Å². The Morgan fingerprint density at radius 3 is 3.00 bits per heavy atom. The predicted molar refractivity (Wildman–Crippen MR) is 64.1 cm³/mol. The first kappa shape index (κ1) is 10.5. The van der Waals surface area contributed by atoms with E-state index in [1.807, 2.05) is 31.2 Å². The standard InChI is InChI=1S/C12H15N3O/c1-2-11-7-15-12(16-11)8-14-10-5-3-4-9(13)6-10/h3-7,14H,2,8,13H2,1H3. The van der Waals surface area contributed by atoms with Crippen LogP contribution in [0.15, 0.2) is 34.9 Å². The van der Waals surface area contributed by atoms with E-state index in [9.17, 15) is 0 Å². The van der Waals surface area contributed by atoms with Gasteiger partial charge in [0.05, 0.1) is 12.7 Å². The second-order valence-electron chi connectivity index (χ2n) is 3.55. The lowest BCUT2D eigenvalue weighted by atomic mass is 10.3. The monoisotopic (exact) mass is 217 g/mol. The van der Waals surface area contributed by atoms with Gasteiger partial charge in [0.25, 0.3) is 0 Å². The SMILES string of the molecule is CCc1cnc(CNc2cccc(N)c2)o1. The Morgan fingerprint density at radius 2 is 2.31 bits per heavy atom. The van der Waals surface area contributed by atoms with Crippen molar-refractivity contribution >= 4 is 11.4 Å². The molecule has 0 amide bonds. The number of aromatic nitrogens is 1. The third kappa shape index (κ3) is 2.53. The predicted octanol–water partition coefficient (Wildman–Crippen LogP) is 2.43. The zero-order chi connectivity index (χ0) is 11.4. The second-order valence-corrected chi connectivity index (χ2v) is 3.55. The van der Waals surface area contributed by atoms with Crippen molar-refractivity contribution < 1.29 is 4.42 Å². The lowest BCUT2D eigenvalue weighted by molar-refractivity contribution is 0.466. The Bertz CT molecular complexity index is 465. The van der Waals surface area contributed by atoms with E-state index in [2.05, 4.69) is 10.3 Å². The zero-order valence-corrected chi connectivity index (χ0v) is 9.23. The summed E-state index contributed by atoms with van der Waals surface area (Å²) in [4.78, 5) is 4.16. The van der Waals surface area contributed by atoms with Gasteiger partial charge in [-0.25, -0.2) is 4.98 Å². The second kappa shape index (κ2) is 4.70. The molecule has 84 valence electrons. The lowest BCUT2D eigenvalue weighted by Crippen LogP contribution is -1.99. The molecule has 1 aromatic heterocycles. The van der Waals surface area contributed by atoms with Crippen LogP contribution in [-0.4, -0.2) is 4.98 Å². The summed E-state index contributed by atoms with van der Waals surface area (Å²) in [5.41, 5.74) is 7.39. The van der Waals surface area contributed by atoms with Gasteiger partial charge in [-0.3, -0.25) is 0 Å². The van der Waals surface area contributed by atoms with Crippen molar-refractivity contribution in [3.8, 4) is 0 Å². The number of oxazole rings is 1. The summed E-state index contributed by atoms with van der Waals surface area (Å²) in [6.45, 7) is 2.61. The van der Waals surface area contributed by atoms with E-state index < -0.39 is 0 Å². The molecule has 4 heteroatoms. The summed E-state index contributed by atoms with van der Waals surface area (Å²) in [7, 11) is 0. The van der Waals surface area contributed by atoms with Gasteiger partial charge in [-0.15, -0.1) is 0 Å². The van der Waals surface area contributed by atoms with Gasteiger partial charge in [-0.1, -0.05) is 13.0 Å². The largest absolute Gasteiger partial charge is 0.444 e. The molecule has 16 heavy (non-hydrogen) atoms. The summed E-state index contributed by atoms with van der Waals surface area (Å²) in [5.74, 6) is 1.60. The quantitative estimate of drug-likeness (QED) is 0.772. The first-order chi connectivity index (χ1) is 7.78. The van der Waals surface area contributed by atoms with Gasteiger partial charge < -0.3 is 15.5 Å². The molecule has 2 rings (SSSR count). The van der Waals surface area contributed by atoms with Crippen molar-refractivity contribution in [3.63, 3.8) is 0 Å². The van der Waals surface area contributed by atoms with Crippen molar-refractivity contribution in [2.45, 2.75) is 19.9 Å². The fourth-order valence-electron chi connectivity index (χ4n) is 1.42. The van der Waals surface area contributed by atoms with Gasteiger partial charge in [-0.05, 0) is 18.2 Å². The normalized spacial score (nSPS) is 10.3. The molecule has 0 fully saturated rings. The number of rotatable bonds is 4. The Labute approximate surface area is 94.5 Å². The van der Waals surface area contributed by atoms with Crippen LogP contribution in [0.2, 0.25) is 0 Å². The summed E-state index contributed by atoms with van der Waals surface area (Å²) in [6, 6.07) is 7.60. The van der Waals surface area contributed by atoms with E-state index in [0.717, 1.165) is 23.6 Å². The van der Waals surface area contributed by atoms with Crippen LogP contribution in [0.1, 0.15) is 18.6 Å². The van der Waals surface area contributed by atoms with Crippen molar-refractivity contribution in [1.82, 2.24) is 4.98 Å². The molecule has 0 saturated carbocycles. The molecular formula is C12H15N3O. The van der Waals surface area contributed by atoms with Gasteiger partial charge >= 0.3 is 0 Å². The first-order valence-corrected chi connectivity index (χ1v) is 5.31. The highest BCUT2D eigenvalue weighted by Crippen LogP contribution is 2.13. The molecule has 1 aromatic carbocycles. The highest BCUT2D eigenvalue weighted by molar-refractivity contribution is 5.53. The molecule has 3 N–H and O–H groups in total. The molecule has 0 aliphatic heterocycles. The number of nitrogen functional groups attached to an aromatic ring is 1. The van der Waals surface area contributed by atoms with Gasteiger partial charge in [0.1, 0.15) is 5.76 Å². The maximum atomic E-state index is 5.67. The number of aryl methyl sites for hydroxylation is 1. The lowest BCUT2D eigenvalue weighted by Gasteiger charge is -2.04. The maximum Gasteiger partial charge on any atom is 0.213 e. The molecule has 0 bridgehead atoms. The molecule has 4 nitrogen and oxygen atoms in total. The number of benzene rings is 1. The van der Waals surface area contributed by atoms with E-state index in [4.69, 9.17) is 10.2 Å². The topological polar surface area (TPSA) is 64.1 Å². The summed E-state index contributed by atoms with van der Waals surface area (Å²) in [6.07, 6.45) is 2.63. The number of hydrogen-bond acceptors (Lipinski definition) is 4. The van der Waals surface area contributed by atoms with Crippen LogP contribution in [0.4, 0.5) is 11.4 Å². The van der Waals surface area contributed by atoms with E-state index in [1.54, 1.807) is 6.20 Å². The van der Waals surface area contributed by atoms with Crippen molar-refractivity contribution in [2.24, 2.45) is 0 Å². The molecule has 2 aromatic rings. The van der Waals surface area contributed by atoms with Crippen LogP contribution in [-0.2, 0) is 13.0 Å². The van der Waals surface area contributed by atoms with Crippen molar-refractivity contribution in [3.05, 3.63) is 42.1 Å². The minimum Gasteiger partial charge on any atom is -0.444 e. The first-order valence-electron chi connectivity index (χ1n) is 5.31. The summed E-state index contributed by atoms with van der Waals surface area (Å²) >= 11 is 0. The van der Waals surface area contributed by atoms with Crippen LogP contribution in [0.5, 0.6) is 0 Å². The van der Waals surface area contributed by atoms with Gasteiger partial charge in [0.15, 0.2) is 0 Å². The molecule has 0 aliphatic rings. The Hall–Kier alpha value is -1.97. The molecule has 0 atom stereocenters. The van der Waals surface area contributed by atoms with Crippen LogP contribution in [0, 0.1) is 0 Å². The third-order valence-electron chi connectivity index (χ3n) is 2.28. The highest BCUT2D eigenvalue weighted by atomic mass is 16.4. The minimum absolute atomic E-state index is 0.573. The molecule has 0 aliphatic carbocycles. The van der Waals surface area contributed by atoms with Crippen LogP contribution in [0.25, 0.3) is 0 Å². The Balaban J connectivity index is 1.96. The van der Waals surface area contributed by atoms with E-state index in [0.29, 0.717) is 12.4 Å². The number of hydrogen-bond donors (Lipinski definition) is 2. The van der Waals surface area contributed by atoms with Crippen LogP contribution in [0.3, 0.4) is 0 Å². The molecule has 0 spiro atoms. The van der Waals surface area contributed by atoms with Gasteiger partial charge in [0, 0.05) is 17.8 Å². The molecule has 1 heterocycles. The fourth-order valence-corrected chi connectivity index (χ4v) is 1.42. The third-order valence-corrected chi connectivity index (χ3v) is 2.28. The number of nitrogens with two attached hydrogens (primary N) is 1. The molecule has 0 unspecified atom stereocenters. The average Bonchev–Trinajstić information content (AvgIpc) is 2.74. The van der Waals surface area contributed by atoms with E-state index >= 15 is 0 Å². The van der Waals surface area contributed by atoms with Gasteiger partial charge in [-0.2, -0.15) is 0 Å². The average molecular weight is 217 g/mol. The van der Waals surface area contributed by atoms with E-state index in [-0.39, 0.29) is 0 Å². The van der Waals surface area contributed by atoms with Crippen LogP contribution >= 0.6 is 0 Å². The smallest absolute Gasteiger partial charge is 0.213 e. The van der Waals surface area contributed by atoms with E-state index in [1.165, 1.54) is 0 Å². The summed E-state index contributed by atoms with van der Waals surface area (Å²) in [5, 5.41) is 3.20. The molecule has 0 saturated heterocycles. The van der Waals surface area contributed by atoms with Crippen molar-refractivity contribution in [2.75, 3.05) is 11.1 Å². The van der Waals surface area contributed by atoms with Crippen molar-refractivity contribution in [1.29, 1.82) is 0 Å². The summed E-state index contributed by atoms with van der Waals surface area (Å²) < 4.78 is 5.48.